The average molecular weight is 284 g/mol. The van der Waals surface area contributed by atoms with Crippen LogP contribution in [0, 0.1) is 17.1 Å². The van der Waals surface area contributed by atoms with Crippen molar-refractivity contribution in [3.63, 3.8) is 0 Å². The smallest absolute Gasteiger partial charge is 0.123 e. The molecule has 3 nitrogen and oxygen atoms in total. The Morgan fingerprint density at radius 3 is 2.71 bits per heavy atom. The van der Waals surface area contributed by atoms with Gasteiger partial charge in [-0.1, -0.05) is 12.1 Å². The lowest BCUT2D eigenvalue weighted by atomic mass is 10.1. The molecule has 108 valence electrons. The van der Waals surface area contributed by atoms with Crippen LogP contribution in [0.3, 0.4) is 0 Å². The van der Waals surface area contributed by atoms with E-state index in [2.05, 4.69) is 6.07 Å². The first-order valence-electron chi connectivity index (χ1n) is 6.69. The monoisotopic (exact) mass is 284 g/mol. The summed E-state index contributed by atoms with van der Waals surface area (Å²) in [4.78, 5) is 1.93. The van der Waals surface area contributed by atoms with E-state index in [1.165, 1.54) is 12.1 Å². The van der Waals surface area contributed by atoms with Gasteiger partial charge in [0.15, 0.2) is 0 Å². The number of nitriles is 1. The van der Waals surface area contributed by atoms with Gasteiger partial charge in [-0.2, -0.15) is 5.26 Å². The lowest BCUT2D eigenvalue weighted by Crippen LogP contribution is -2.18. The molecule has 1 atom stereocenters. The highest BCUT2D eigenvalue weighted by Crippen LogP contribution is 2.27. The Kier molecular flexibility index (Phi) is 4.56. The predicted molar refractivity (Wildman–Crippen MR) is 80.3 cm³/mol. The van der Waals surface area contributed by atoms with Gasteiger partial charge in [0.25, 0.3) is 0 Å². The minimum atomic E-state index is -0.747. The Bertz CT molecular complexity index is 677. The second-order valence-corrected chi connectivity index (χ2v) is 5.05. The first-order valence-corrected chi connectivity index (χ1v) is 6.69. The summed E-state index contributed by atoms with van der Waals surface area (Å²) < 4.78 is 13.3. The SMILES string of the molecule is CC(O)c1cc(F)ccc1N(C)Cc1cccc(C#N)c1. The largest absolute Gasteiger partial charge is 0.389 e. The van der Waals surface area contributed by atoms with Crippen LogP contribution >= 0.6 is 0 Å². The summed E-state index contributed by atoms with van der Waals surface area (Å²) in [6.07, 6.45) is -0.747. The fourth-order valence-corrected chi connectivity index (χ4v) is 2.31. The van der Waals surface area contributed by atoms with Crippen LogP contribution in [0.2, 0.25) is 0 Å². The molecule has 2 aromatic carbocycles. The van der Waals surface area contributed by atoms with E-state index in [9.17, 15) is 9.50 Å². The van der Waals surface area contributed by atoms with Gasteiger partial charge in [0, 0.05) is 24.8 Å². The summed E-state index contributed by atoms with van der Waals surface area (Å²) in [7, 11) is 1.87. The van der Waals surface area contributed by atoms with Gasteiger partial charge in [0.05, 0.1) is 17.7 Å². The zero-order chi connectivity index (χ0) is 15.4. The summed E-state index contributed by atoms with van der Waals surface area (Å²) in [6, 6.07) is 13.8. The summed E-state index contributed by atoms with van der Waals surface area (Å²) in [5, 5.41) is 18.7. The molecule has 0 saturated carbocycles. The van der Waals surface area contributed by atoms with Gasteiger partial charge in [-0.25, -0.2) is 4.39 Å². The van der Waals surface area contributed by atoms with Crippen molar-refractivity contribution in [3.05, 3.63) is 65.0 Å². The molecule has 0 bridgehead atoms. The third kappa shape index (κ3) is 3.59. The summed E-state index contributed by atoms with van der Waals surface area (Å²) in [5.74, 6) is -0.366. The number of aliphatic hydroxyl groups excluding tert-OH is 1. The van der Waals surface area contributed by atoms with Crippen LogP contribution in [-0.4, -0.2) is 12.2 Å². The van der Waals surface area contributed by atoms with Crippen molar-refractivity contribution < 1.29 is 9.50 Å². The standard InChI is InChI=1S/C17H17FN2O/c1-12(21)16-9-15(18)6-7-17(16)20(2)11-14-5-3-4-13(8-14)10-19/h3-9,12,21H,11H2,1-2H3. The Balaban J connectivity index is 2.28. The molecule has 1 N–H and O–H groups in total. The van der Waals surface area contributed by atoms with Crippen LogP contribution in [0.25, 0.3) is 0 Å². The molecule has 0 aliphatic carbocycles. The van der Waals surface area contributed by atoms with E-state index in [4.69, 9.17) is 5.26 Å². The molecule has 2 aromatic rings. The van der Waals surface area contributed by atoms with E-state index in [-0.39, 0.29) is 5.82 Å². The quantitative estimate of drug-likeness (QED) is 0.936. The molecule has 0 aromatic heterocycles. The highest BCUT2D eigenvalue weighted by molar-refractivity contribution is 5.54. The van der Waals surface area contributed by atoms with Crippen molar-refractivity contribution in [2.75, 3.05) is 11.9 Å². The second kappa shape index (κ2) is 6.38. The topological polar surface area (TPSA) is 47.3 Å². The fourth-order valence-electron chi connectivity index (χ4n) is 2.31. The van der Waals surface area contributed by atoms with Crippen LogP contribution in [0.5, 0.6) is 0 Å². The molecule has 0 fully saturated rings. The lowest BCUT2D eigenvalue weighted by Gasteiger charge is -2.24. The van der Waals surface area contributed by atoms with Crippen LogP contribution < -0.4 is 4.90 Å². The molecule has 0 aliphatic heterocycles. The first kappa shape index (κ1) is 15.0. The van der Waals surface area contributed by atoms with Gasteiger partial charge in [-0.3, -0.25) is 0 Å². The van der Waals surface area contributed by atoms with Crippen LogP contribution in [0.15, 0.2) is 42.5 Å². The predicted octanol–water partition coefficient (Wildman–Crippen LogP) is 3.39. The molecule has 0 radical (unpaired) electrons. The number of nitrogens with zero attached hydrogens (tertiary/aromatic N) is 2. The van der Waals surface area contributed by atoms with Crippen LogP contribution in [0.4, 0.5) is 10.1 Å². The molecular formula is C17H17FN2O. The second-order valence-electron chi connectivity index (χ2n) is 5.05. The lowest BCUT2D eigenvalue weighted by molar-refractivity contribution is 0.199. The number of aliphatic hydroxyl groups is 1. The molecule has 0 aliphatic rings. The zero-order valence-corrected chi connectivity index (χ0v) is 12.0. The minimum absolute atomic E-state index is 0.366. The van der Waals surface area contributed by atoms with E-state index in [1.54, 1.807) is 19.1 Å². The van der Waals surface area contributed by atoms with Gasteiger partial charge in [-0.15, -0.1) is 0 Å². The minimum Gasteiger partial charge on any atom is -0.389 e. The molecule has 2 rings (SSSR count). The highest BCUT2D eigenvalue weighted by atomic mass is 19.1. The van der Waals surface area contributed by atoms with Crippen LogP contribution in [0.1, 0.15) is 29.7 Å². The van der Waals surface area contributed by atoms with Gasteiger partial charge < -0.3 is 10.0 Å². The molecule has 21 heavy (non-hydrogen) atoms. The van der Waals surface area contributed by atoms with E-state index >= 15 is 0 Å². The van der Waals surface area contributed by atoms with E-state index in [0.29, 0.717) is 17.7 Å². The van der Waals surface area contributed by atoms with Crippen molar-refractivity contribution in [1.82, 2.24) is 0 Å². The third-order valence-electron chi connectivity index (χ3n) is 3.33. The number of halogens is 1. The van der Waals surface area contributed by atoms with Gasteiger partial charge >= 0.3 is 0 Å². The maximum atomic E-state index is 13.3. The van der Waals surface area contributed by atoms with Crippen molar-refractivity contribution in [2.45, 2.75) is 19.6 Å². The fraction of sp³-hybridized carbons (Fsp3) is 0.235. The number of anilines is 1. The van der Waals surface area contributed by atoms with Crippen molar-refractivity contribution in [1.29, 1.82) is 5.26 Å². The maximum absolute atomic E-state index is 13.3. The number of hydrogen-bond acceptors (Lipinski definition) is 3. The third-order valence-corrected chi connectivity index (χ3v) is 3.33. The van der Waals surface area contributed by atoms with Gasteiger partial charge in [0.1, 0.15) is 5.82 Å². The Hall–Kier alpha value is -2.38. The molecule has 4 heteroatoms. The number of hydrogen-bond donors (Lipinski definition) is 1. The average Bonchev–Trinajstić information content (AvgIpc) is 2.47. The van der Waals surface area contributed by atoms with Crippen molar-refractivity contribution in [2.24, 2.45) is 0 Å². The van der Waals surface area contributed by atoms with Gasteiger partial charge in [0.2, 0.25) is 0 Å². The molecular weight excluding hydrogens is 267 g/mol. The Labute approximate surface area is 123 Å². The van der Waals surface area contributed by atoms with E-state index in [0.717, 1.165) is 11.3 Å². The highest BCUT2D eigenvalue weighted by Gasteiger charge is 2.13. The summed E-state index contributed by atoms with van der Waals surface area (Å²) >= 11 is 0. The number of rotatable bonds is 4. The number of benzene rings is 2. The molecule has 0 spiro atoms. The molecule has 0 heterocycles. The van der Waals surface area contributed by atoms with Crippen molar-refractivity contribution >= 4 is 5.69 Å². The molecule has 0 saturated heterocycles. The Morgan fingerprint density at radius 1 is 1.29 bits per heavy atom. The first-order chi connectivity index (χ1) is 10.0. The maximum Gasteiger partial charge on any atom is 0.123 e. The molecule has 1 unspecified atom stereocenters. The summed E-state index contributed by atoms with van der Waals surface area (Å²) in [6.45, 7) is 2.18. The van der Waals surface area contributed by atoms with E-state index in [1.807, 2.05) is 30.1 Å². The van der Waals surface area contributed by atoms with Gasteiger partial charge in [-0.05, 0) is 42.8 Å². The summed E-state index contributed by atoms with van der Waals surface area (Å²) in [5.41, 5.74) is 2.91. The zero-order valence-electron chi connectivity index (χ0n) is 12.0. The Morgan fingerprint density at radius 2 is 2.05 bits per heavy atom. The van der Waals surface area contributed by atoms with E-state index < -0.39 is 6.10 Å². The molecule has 0 amide bonds. The van der Waals surface area contributed by atoms with Crippen molar-refractivity contribution in [3.8, 4) is 6.07 Å². The normalized spacial score (nSPS) is 11.8. The van der Waals surface area contributed by atoms with Crippen LogP contribution in [-0.2, 0) is 6.54 Å².